The molecule has 3 nitrogen and oxygen atoms in total. The number of hydrogen-bond acceptors (Lipinski definition) is 3. The molecule has 0 fully saturated rings. The molecule has 0 saturated heterocycles. The number of nitrogen functional groups attached to an aromatic ring is 1. The van der Waals surface area contributed by atoms with Crippen LogP contribution in [0.4, 0.5) is 5.82 Å². The molecule has 1 heterocycles. The van der Waals surface area contributed by atoms with Crippen LogP contribution in [-0.4, -0.2) is 4.98 Å². The SMILES string of the molecule is CCCc1cc2cc(C)c(Cl)cc2nc1NN. The molecule has 0 bridgehead atoms. The highest BCUT2D eigenvalue weighted by Gasteiger charge is 2.07. The van der Waals surface area contributed by atoms with E-state index in [4.69, 9.17) is 17.4 Å². The number of fused-ring (bicyclic) bond motifs is 1. The maximum absolute atomic E-state index is 6.09. The minimum Gasteiger partial charge on any atom is -0.308 e. The van der Waals surface area contributed by atoms with Crippen molar-refractivity contribution in [2.75, 3.05) is 5.43 Å². The van der Waals surface area contributed by atoms with Gasteiger partial charge in [-0.2, -0.15) is 0 Å². The summed E-state index contributed by atoms with van der Waals surface area (Å²) < 4.78 is 0. The summed E-state index contributed by atoms with van der Waals surface area (Å²) in [5.41, 5.74) is 5.73. The van der Waals surface area contributed by atoms with E-state index in [1.807, 2.05) is 13.0 Å². The Balaban J connectivity index is 2.65. The summed E-state index contributed by atoms with van der Waals surface area (Å²) in [6, 6.07) is 6.07. The summed E-state index contributed by atoms with van der Waals surface area (Å²) in [4.78, 5) is 4.49. The fourth-order valence-electron chi connectivity index (χ4n) is 1.94. The van der Waals surface area contributed by atoms with E-state index < -0.39 is 0 Å². The van der Waals surface area contributed by atoms with Crippen LogP contribution in [0.3, 0.4) is 0 Å². The molecule has 90 valence electrons. The van der Waals surface area contributed by atoms with Gasteiger partial charge < -0.3 is 5.43 Å². The molecule has 3 N–H and O–H groups in total. The molecule has 0 aliphatic carbocycles. The zero-order chi connectivity index (χ0) is 12.4. The van der Waals surface area contributed by atoms with Crippen molar-refractivity contribution in [3.63, 3.8) is 0 Å². The number of hydrogen-bond donors (Lipinski definition) is 2. The van der Waals surface area contributed by atoms with Crippen molar-refractivity contribution in [3.8, 4) is 0 Å². The van der Waals surface area contributed by atoms with Crippen molar-refractivity contribution in [3.05, 3.63) is 34.3 Å². The first-order valence-electron chi connectivity index (χ1n) is 5.72. The largest absolute Gasteiger partial charge is 0.308 e. The third kappa shape index (κ3) is 2.35. The van der Waals surface area contributed by atoms with Gasteiger partial charge in [-0.15, -0.1) is 0 Å². The number of aromatic nitrogens is 1. The predicted molar refractivity (Wildman–Crippen MR) is 73.3 cm³/mol. The molecule has 17 heavy (non-hydrogen) atoms. The lowest BCUT2D eigenvalue weighted by Crippen LogP contribution is -2.11. The van der Waals surface area contributed by atoms with E-state index in [0.29, 0.717) is 0 Å². The zero-order valence-electron chi connectivity index (χ0n) is 10.0. The third-order valence-corrected chi connectivity index (χ3v) is 3.24. The number of nitrogens with zero attached hydrogens (tertiary/aromatic N) is 1. The molecule has 2 aromatic rings. The molecule has 0 radical (unpaired) electrons. The highest BCUT2D eigenvalue weighted by atomic mass is 35.5. The van der Waals surface area contributed by atoms with E-state index in [0.717, 1.165) is 45.7 Å². The van der Waals surface area contributed by atoms with Crippen LogP contribution >= 0.6 is 11.6 Å². The number of aryl methyl sites for hydroxylation is 2. The molecule has 1 aromatic heterocycles. The van der Waals surface area contributed by atoms with Gasteiger partial charge in [-0.05, 0) is 42.7 Å². The van der Waals surface area contributed by atoms with Crippen molar-refractivity contribution in [1.29, 1.82) is 0 Å². The first kappa shape index (κ1) is 12.1. The second-order valence-electron chi connectivity index (χ2n) is 4.18. The van der Waals surface area contributed by atoms with Gasteiger partial charge in [-0.1, -0.05) is 24.9 Å². The monoisotopic (exact) mass is 249 g/mol. The Morgan fingerprint density at radius 2 is 2.12 bits per heavy atom. The number of nitrogens with one attached hydrogen (secondary N) is 1. The topological polar surface area (TPSA) is 50.9 Å². The third-order valence-electron chi connectivity index (χ3n) is 2.83. The normalized spacial score (nSPS) is 10.8. The fraction of sp³-hybridized carbons (Fsp3) is 0.308. The van der Waals surface area contributed by atoms with Crippen molar-refractivity contribution in [2.45, 2.75) is 26.7 Å². The minimum atomic E-state index is 0.733. The molecule has 0 atom stereocenters. The molecule has 0 unspecified atom stereocenters. The van der Waals surface area contributed by atoms with Crippen LogP contribution in [0.15, 0.2) is 18.2 Å². The van der Waals surface area contributed by atoms with E-state index >= 15 is 0 Å². The van der Waals surface area contributed by atoms with Crippen molar-refractivity contribution < 1.29 is 0 Å². The van der Waals surface area contributed by atoms with Crippen molar-refractivity contribution in [2.24, 2.45) is 5.84 Å². The van der Waals surface area contributed by atoms with Crippen LogP contribution < -0.4 is 11.3 Å². The number of nitrogens with two attached hydrogens (primary N) is 1. The van der Waals surface area contributed by atoms with Gasteiger partial charge in [0.1, 0.15) is 5.82 Å². The van der Waals surface area contributed by atoms with Gasteiger partial charge in [0, 0.05) is 10.4 Å². The van der Waals surface area contributed by atoms with Crippen LogP contribution in [0.1, 0.15) is 24.5 Å². The standard InChI is InChI=1S/C13H16ClN3/c1-3-4-9-6-10-5-8(2)11(14)7-12(10)16-13(9)17-15/h5-7H,3-4,15H2,1-2H3,(H,16,17). The van der Waals surface area contributed by atoms with Crippen molar-refractivity contribution >= 4 is 28.3 Å². The number of halogens is 1. The molecule has 1 aromatic carbocycles. The molecule has 0 saturated carbocycles. The Bertz CT molecular complexity index is 552. The Hall–Kier alpha value is -1.32. The summed E-state index contributed by atoms with van der Waals surface area (Å²) in [6.07, 6.45) is 2.03. The molecule has 4 heteroatoms. The Morgan fingerprint density at radius 3 is 2.76 bits per heavy atom. The summed E-state index contributed by atoms with van der Waals surface area (Å²) in [5, 5.41) is 1.84. The van der Waals surface area contributed by atoms with Gasteiger partial charge in [-0.3, -0.25) is 0 Å². The highest BCUT2D eigenvalue weighted by Crippen LogP contribution is 2.26. The quantitative estimate of drug-likeness (QED) is 0.647. The smallest absolute Gasteiger partial charge is 0.143 e. The number of anilines is 1. The van der Waals surface area contributed by atoms with Crippen LogP contribution in [0.2, 0.25) is 5.02 Å². The molecular formula is C13H16ClN3. The zero-order valence-corrected chi connectivity index (χ0v) is 10.8. The predicted octanol–water partition coefficient (Wildman–Crippen LogP) is 3.43. The lowest BCUT2D eigenvalue weighted by molar-refractivity contribution is 0.917. The maximum Gasteiger partial charge on any atom is 0.143 e. The average molecular weight is 250 g/mol. The number of rotatable bonds is 3. The second kappa shape index (κ2) is 4.90. The van der Waals surface area contributed by atoms with Gasteiger partial charge >= 0.3 is 0 Å². The average Bonchev–Trinajstić information content (AvgIpc) is 2.31. The van der Waals surface area contributed by atoms with E-state index in [-0.39, 0.29) is 0 Å². The van der Waals surface area contributed by atoms with Gasteiger partial charge in [0.15, 0.2) is 0 Å². The van der Waals surface area contributed by atoms with E-state index in [1.54, 1.807) is 0 Å². The number of benzene rings is 1. The summed E-state index contributed by atoms with van der Waals surface area (Å²) >= 11 is 6.09. The first-order valence-corrected chi connectivity index (χ1v) is 6.10. The second-order valence-corrected chi connectivity index (χ2v) is 4.59. The van der Waals surface area contributed by atoms with Gasteiger partial charge in [0.2, 0.25) is 0 Å². The van der Waals surface area contributed by atoms with E-state index in [2.05, 4.69) is 29.5 Å². The van der Waals surface area contributed by atoms with E-state index in [9.17, 15) is 0 Å². The summed E-state index contributed by atoms with van der Waals surface area (Å²) in [5.74, 6) is 6.23. The molecule has 0 amide bonds. The Morgan fingerprint density at radius 1 is 1.35 bits per heavy atom. The first-order chi connectivity index (χ1) is 8.15. The summed E-state index contributed by atoms with van der Waals surface area (Å²) in [6.45, 7) is 4.13. The number of pyridine rings is 1. The molecular weight excluding hydrogens is 234 g/mol. The van der Waals surface area contributed by atoms with Crippen LogP contribution in [0.25, 0.3) is 10.9 Å². The molecule has 0 aliphatic rings. The lowest BCUT2D eigenvalue weighted by atomic mass is 10.1. The summed E-state index contributed by atoms with van der Waals surface area (Å²) in [7, 11) is 0. The molecule has 0 spiro atoms. The maximum atomic E-state index is 6.09. The van der Waals surface area contributed by atoms with E-state index in [1.165, 1.54) is 0 Å². The van der Waals surface area contributed by atoms with Crippen molar-refractivity contribution in [1.82, 2.24) is 4.98 Å². The van der Waals surface area contributed by atoms with Crippen LogP contribution in [-0.2, 0) is 6.42 Å². The van der Waals surface area contributed by atoms with Gasteiger partial charge in [0.25, 0.3) is 0 Å². The lowest BCUT2D eigenvalue weighted by Gasteiger charge is -2.10. The molecule has 0 aliphatic heterocycles. The van der Waals surface area contributed by atoms with Crippen LogP contribution in [0, 0.1) is 6.92 Å². The Labute approximate surface area is 106 Å². The van der Waals surface area contributed by atoms with Gasteiger partial charge in [0.05, 0.1) is 5.52 Å². The van der Waals surface area contributed by atoms with Crippen LogP contribution in [0.5, 0.6) is 0 Å². The fourth-order valence-corrected chi connectivity index (χ4v) is 2.10. The highest BCUT2D eigenvalue weighted by molar-refractivity contribution is 6.32. The Kier molecular flexibility index (Phi) is 3.50. The van der Waals surface area contributed by atoms with Gasteiger partial charge in [-0.25, -0.2) is 10.8 Å². The molecule has 2 rings (SSSR count). The minimum absolute atomic E-state index is 0.733. The number of hydrazine groups is 1.